The van der Waals surface area contributed by atoms with E-state index in [1.54, 1.807) is 24.5 Å². The number of nitrogens with zero attached hydrogens (tertiary/aromatic N) is 1. The predicted octanol–water partition coefficient (Wildman–Crippen LogP) is 8.42. The number of aliphatic carboxylic acids is 1. The molecule has 0 spiro atoms. The molecule has 4 aromatic carbocycles. The second-order valence-corrected chi connectivity index (χ2v) is 11.6. The average molecular weight is 672 g/mol. The molecule has 0 aliphatic heterocycles. The summed E-state index contributed by atoms with van der Waals surface area (Å²) < 4.78 is 13.4. The molecule has 2 N–H and O–H groups in total. The SMILES string of the molecule is Cc1ccc(C[C@H](NCc2cc(Cl)c(OCc3cccc(-c4ccccc4)c3Br)cc2OCc2cccnc2)C(=O)O)cc1. The maximum Gasteiger partial charge on any atom is 0.321 e. The van der Waals surface area contributed by atoms with Crippen LogP contribution in [0.15, 0.2) is 114 Å². The zero-order valence-electron chi connectivity index (χ0n) is 24.2. The van der Waals surface area contributed by atoms with E-state index in [0.29, 0.717) is 28.5 Å². The van der Waals surface area contributed by atoms with E-state index in [9.17, 15) is 9.90 Å². The Morgan fingerprint density at radius 1 is 0.886 bits per heavy atom. The zero-order chi connectivity index (χ0) is 30.9. The summed E-state index contributed by atoms with van der Waals surface area (Å²) in [6, 6.07) is 30.6. The van der Waals surface area contributed by atoms with Crippen LogP contribution in [0.5, 0.6) is 11.5 Å². The van der Waals surface area contributed by atoms with Crippen LogP contribution in [0.25, 0.3) is 11.1 Å². The van der Waals surface area contributed by atoms with Crippen molar-refractivity contribution in [2.24, 2.45) is 0 Å². The summed E-state index contributed by atoms with van der Waals surface area (Å²) in [7, 11) is 0. The molecule has 0 aliphatic carbocycles. The maximum absolute atomic E-state index is 12.1. The Balaban J connectivity index is 1.36. The molecule has 6 nitrogen and oxygen atoms in total. The highest BCUT2D eigenvalue weighted by molar-refractivity contribution is 9.10. The van der Waals surface area contributed by atoms with Crippen molar-refractivity contribution in [2.45, 2.75) is 39.1 Å². The van der Waals surface area contributed by atoms with E-state index in [-0.39, 0.29) is 19.8 Å². The van der Waals surface area contributed by atoms with Gasteiger partial charge in [-0.1, -0.05) is 96.0 Å². The highest BCUT2D eigenvalue weighted by Crippen LogP contribution is 2.36. The van der Waals surface area contributed by atoms with Crippen molar-refractivity contribution in [3.05, 3.63) is 147 Å². The Morgan fingerprint density at radius 2 is 1.66 bits per heavy atom. The van der Waals surface area contributed by atoms with Crippen LogP contribution in [0.1, 0.15) is 27.8 Å². The number of hydrogen-bond donors (Lipinski definition) is 2. The first-order valence-corrected chi connectivity index (χ1v) is 15.4. The molecule has 0 bridgehead atoms. The molecule has 1 heterocycles. The Labute approximate surface area is 270 Å². The molecule has 8 heteroatoms. The second-order valence-electron chi connectivity index (χ2n) is 10.4. The highest BCUT2D eigenvalue weighted by Gasteiger charge is 2.20. The quantitative estimate of drug-likeness (QED) is 0.131. The number of ether oxygens (including phenoxy) is 2. The largest absolute Gasteiger partial charge is 0.488 e. The maximum atomic E-state index is 12.1. The third-order valence-electron chi connectivity index (χ3n) is 7.18. The number of hydrogen-bond acceptors (Lipinski definition) is 5. The molecule has 0 aliphatic rings. The topological polar surface area (TPSA) is 80.7 Å². The minimum Gasteiger partial charge on any atom is -0.488 e. The van der Waals surface area contributed by atoms with E-state index in [2.05, 4.69) is 44.4 Å². The van der Waals surface area contributed by atoms with Gasteiger partial charge in [-0.15, -0.1) is 0 Å². The van der Waals surface area contributed by atoms with E-state index >= 15 is 0 Å². The summed E-state index contributed by atoms with van der Waals surface area (Å²) >= 11 is 10.5. The predicted molar refractivity (Wildman–Crippen MR) is 177 cm³/mol. The Morgan fingerprint density at radius 3 is 2.39 bits per heavy atom. The van der Waals surface area contributed by atoms with Gasteiger partial charge >= 0.3 is 5.97 Å². The number of aromatic nitrogens is 1. The van der Waals surface area contributed by atoms with Crippen LogP contribution in [0, 0.1) is 6.92 Å². The van der Waals surface area contributed by atoms with Gasteiger partial charge in [0.05, 0.1) is 5.02 Å². The van der Waals surface area contributed by atoms with E-state index in [1.165, 1.54) is 0 Å². The van der Waals surface area contributed by atoms with Gasteiger partial charge < -0.3 is 14.6 Å². The average Bonchev–Trinajstić information content (AvgIpc) is 3.04. The van der Waals surface area contributed by atoms with Crippen molar-refractivity contribution in [2.75, 3.05) is 0 Å². The van der Waals surface area contributed by atoms with Gasteiger partial charge in [0.1, 0.15) is 30.8 Å². The van der Waals surface area contributed by atoms with Crippen LogP contribution < -0.4 is 14.8 Å². The van der Waals surface area contributed by atoms with Crippen molar-refractivity contribution < 1.29 is 19.4 Å². The standard InChI is InChI=1S/C36H32BrClN2O4/c1-24-12-14-25(15-13-24)17-32(36(41)42)40-21-29-18-31(38)34(19-33(29)43-22-26-7-6-16-39-20-26)44-23-28-10-5-11-30(35(28)37)27-8-3-2-4-9-27/h2-16,18-20,32,40H,17,21-23H2,1H3,(H,41,42)/t32-/m0/s1. The summed E-state index contributed by atoms with van der Waals surface area (Å²) in [5.41, 5.74) is 6.81. The van der Waals surface area contributed by atoms with Crippen LogP contribution in [0.4, 0.5) is 0 Å². The fraction of sp³-hybridized carbons (Fsp3) is 0.167. The van der Waals surface area contributed by atoms with Crippen molar-refractivity contribution in [3.63, 3.8) is 0 Å². The smallest absolute Gasteiger partial charge is 0.321 e. The lowest BCUT2D eigenvalue weighted by Gasteiger charge is -2.19. The molecule has 0 radical (unpaired) electrons. The molecule has 0 amide bonds. The molecule has 0 saturated carbocycles. The Bertz CT molecular complexity index is 1700. The normalized spacial score (nSPS) is 11.6. The highest BCUT2D eigenvalue weighted by atomic mass is 79.9. The fourth-order valence-electron chi connectivity index (χ4n) is 4.73. The van der Waals surface area contributed by atoms with Gasteiger partial charge in [0.2, 0.25) is 0 Å². The molecule has 0 fully saturated rings. The summed E-state index contributed by atoms with van der Waals surface area (Å²) in [6.07, 6.45) is 3.79. The molecular formula is C36H32BrClN2O4. The van der Waals surface area contributed by atoms with E-state index in [0.717, 1.165) is 37.9 Å². The molecule has 44 heavy (non-hydrogen) atoms. The lowest BCUT2D eigenvalue weighted by molar-refractivity contribution is -0.139. The number of pyridine rings is 1. The number of rotatable bonds is 13. The lowest BCUT2D eigenvalue weighted by atomic mass is 10.0. The number of aryl methyl sites for hydroxylation is 1. The number of carboxylic acid groups (broad SMARTS) is 1. The molecule has 1 aromatic heterocycles. The van der Waals surface area contributed by atoms with Gasteiger partial charge in [0, 0.05) is 46.2 Å². The molecule has 224 valence electrons. The third kappa shape index (κ3) is 8.26. The van der Waals surface area contributed by atoms with Gasteiger partial charge in [-0.05, 0) is 58.1 Å². The van der Waals surface area contributed by atoms with Crippen LogP contribution in [-0.4, -0.2) is 22.1 Å². The van der Waals surface area contributed by atoms with E-state index in [4.69, 9.17) is 21.1 Å². The molecule has 1 atom stereocenters. The van der Waals surface area contributed by atoms with Gasteiger partial charge in [-0.2, -0.15) is 0 Å². The summed E-state index contributed by atoms with van der Waals surface area (Å²) in [5, 5.41) is 13.5. The van der Waals surface area contributed by atoms with Crippen LogP contribution in [0.3, 0.4) is 0 Å². The summed E-state index contributed by atoms with van der Waals surface area (Å²) in [5.74, 6) is 0.0677. The van der Waals surface area contributed by atoms with Crippen LogP contribution in [0.2, 0.25) is 5.02 Å². The number of halogens is 2. The molecule has 5 aromatic rings. The van der Waals surface area contributed by atoms with Crippen molar-refractivity contribution >= 4 is 33.5 Å². The Hall–Kier alpha value is -4.17. The Kier molecular flexibility index (Phi) is 10.7. The van der Waals surface area contributed by atoms with Crippen molar-refractivity contribution in [1.29, 1.82) is 0 Å². The first-order chi connectivity index (χ1) is 21.4. The number of nitrogens with one attached hydrogen (secondary N) is 1. The summed E-state index contributed by atoms with van der Waals surface area (Å²) in [4.78, 5) is 16.3. The van der Waals surface area contributed by atoms with Gasteiger partial charge in [0.25, 0.3) is 0 Å². The fourth-order valence-corrected chi connectivity index (χ4v) is 5.58. The lowest BCUT2D eigenvalue weighted by Crippen LogP contribution is -2.38. The van der Waals surface area contributed by atoms with Crippen molar-refractivity contribution in [3.8, 4) is 22.6 Å². The molecular weight excluding hydrogens is 640 g/mol. The zero-order valence-corrected chi connectivity index (χ0v) is 26.5. The first-order valence-electron chi connectivity index (χ1n) is 14.2. The number of carboxylic acids is 1. The first kappa shape index (κ1) is 31.3. The van der Waals surface area contributed by atoms with Crippen molar-refractivity contribution in [1.82, 2.24) is 10.3 Å². The molecule has 5 rings (SSSR count). The number of benzene rings is 4. The van der Waals surface area contributed by atoms with Gasteiger partial charge in [-0.25, -0.2) is 0 Å². The monoisotopic (exact) mass is 670 g/mol. The second kappa shape index (κ2) is 15.0. The third-order valence-corrected chi connectivity index (χ3v) is 8.41. The minimum atomic E-state index is -0.933. The van der Waals surface area contributed by atoms with E-state index < -0.39 is 12.0 Å². The van der Waals surface area contributed by atoms with Crippen LogP contribution >= 0.6 is 27.5 Å². The van der Waals surface area contributed by atoms with Gasteiger partial charge in [0.15, 0.2) is 0 Å². The molecule has 0 saturated heterocycles. The van der Waals surface area contributed by atoms with Gasteiger partial charge in [-0.3, -0.25) is 15.1 Å². The summed E-state index contributed by atoms with van der Waals surface area (Å²) in [6.45, 7) is 2.79. The van der Waals surface area contributed by atoms with E-state index in [1.807, 2.05) is 73.7 Å². The number of carbonyl (C=O) groups is 1. The molecule has 0 unspecified atom stereocenters. The minimum absolute atomic E-state index is 0.232. The van der Waals surface area contributed by atoms with Crippen LogP contribution in [-0.2, 0) is 31.0 Å².